The molecule has 0 amide bonds. The summed E-state index contributed by atoms with van der Waals surface area (Å²) in [6, 6.07) is 2.51. The van der Waals surface area contributed by atoms with E-state index in [4.69, 9.17) is 10.6 Å². The lowest BCUT2D eigenvalue weighted by molar-refractivity contribution is 0.0473. The van der Waals surface area contributed by atoms with E-state index < -0.39 is 0 Å². The minimum Gasteiger partial charge on any atom is -0.377 e. The molecule has 0 saturated carbocycles. The van der Waals surface area contributed by atoms with Gasteiger partial charge < -0.3 is 4.74 Å². The fraction of sp³-hybridized carbons (Fsp3) is 0.750. The van der Waals surface area contributed by atoms with Crippen molar-refractivity contribution in [1.82, 2.24) is 15.2 Å². The molecule has 2 unspecified atom stereocenters. The predicted octanol–water partition coefficient (Wildman–Crippen LogP) is 1.26. The summed E-state index contributed by atoms with van der Waals surface area (Å²) in [5.74, 6) is 5.55. The molecule has 0 radical (unpaired) electrons. The van der Waals surface area contributed by atoms with Crippen LogP contribution in [0.3, 0.4) is 0 Å². The SMILES string of the molecule is CCOC(C)C(Cc1ccn(C(C)C)n1)NN. The van der Waals surface area contributed by atoms with Crippen LogP contribution in [-0.4, -0.2) is 28.5 Å². The number of ether oxygens (including phenoxy) is 1. The van der Waals surface area contributed by atoms with Crippen LogP contribution in [0.4, 0.5) is 0 Å². The maximum Gasteiger partial charge on any atom is 0.0717 e. The average molecular weight is 240 g/mol. The molecular formula is C12H24N4O. The summed E-state index contributed by atoms with van der Waals surface area (Å²) in [4.78, 5) is 0. The summed E-state index contributed by atoms with van der Waals surface area (Å²) in [6.45, 7) is 8.92. The topological polar surface area (TPSA) is 65.1 Å². The summed E-state index contributed by atoms with van der Waals surface area (Å²) < 4.78 is 7.50. The van der Waals surface area contributed by atoms with E-state index in [9.17, 15) is 0 Å². The zero-order chi connectivity index (χ0) is 12.8. The van der Waals surface area contributed by atoms with Crippen LogP contribution in [0.25, 0.3) is 0 Å². The number of rotatable bonds is 7. The molecule has 0 aliphatic heterocycles. The molecule has 0 aliphatic rings. The molecule has 17 heavy (non-hydrogen) atoms. The predicted molar refractivity (Wildman–Crippen MR) is 68.5 cm³/mol. The second kappa shape index (κ2) is 6.74. The molecule has 3 N–H and O–H groups in total. The Labute approximate surface area is 103 Å². The van der Waals surface area contributed by atoms with E-state index in [1.54, 1.807) is 0 Å². The molecule has 1 aromatic heterocycles. The zero-order valence-corrected chi connectivity index (χ0v) is 11.2. The summed E-state index contributed by atoms with van der Waals surface area (Å²) in [5.41, 5.74) is 3.83. The van der Waals surface area contributed by atoms with Crippen LogP contribution in [0, 0.1) is 0 Å². The van der Waals surface area contributed by atoms with Gasteiger partial charge in [0.15, 0.2) is 0 Å². The highest BCUT2D eigenvalue weighted by molar-refractivity contribution is 5.02. The van der Waals surface area contributed by atoms with E-state index in [0.29, 0.717) is 12.6 Å². The number of nitrogens with two attached hydrogens (primary N) is 1. The first-order chi connectivity index (χ1) is 8.08. The maximum atomic E-state index is 5.55. The Morgan fingerprint density at radius 1 is 1.47 bits per heavy atom. The van der Waals surface area contributed by atoms with Crippen molar-refractivity contribution in [3.05, 3.63) is 18.0 Å². The van der Waals surface area contributed by atoms with Crippen molar-refractivity contribution in [1.29, 1.82) is 0 Å². The molecule has 0 bridgehead atoms. The molecule has 0 spiro atoms. The molecule has 5 heteroatoms. The lowest BCUT2D eigenvalue weighted by Crippen LogP contribution is -2.45. The lowest BCUT2D eigenvalue weighted by Gasteiger charge is -2.22. The second-order valence-electron chi connectivity index (χ2n) is 4.52. The lowest BCUT2D eigenvalue weighted by atomic mass is 10.1. The van der Waals surface area contributed by atoms with Gasteiger partial charge in [0.2, 0.25) is 0 Å². The molecular weight excluding hydrogens is 216 g/mol. The minimum absolute atomic E-state index is 0.0780. The largest absolute Gasteiger partial charge is 0.377 e. The first-order valence-corrected chi connectivity index (χ1v) is 6.20. The average Bonchev–Trinajstić information content (AvgIpc) is 2.74. The highest BCUT2D eigenvalue weighted by Crippen LogP contribution is 2.09. The van der Waals surface area contributed by atoms with Crippen molar-refractivity contribution in [3.63, 3.8) is 0 Å². The van der Waals surface area contributed by atoms with Gasteiger partial charge in [-0.1, -0.05) is 0 Å². The number of hydrogen-bond acceptors (Lipinski definition) is 4. The second-order valence-corrected chi connectivity index (χ2v) is 4.52. The molecule has 0 aliphatic carbocycles. The monoisotopic (exact) mass is 240 g/mol. The van der Waals surface area contributed by atoms with Crippen molar-refractivity contribution in [2.24, 2.45) is 5.84 Å². The zero-order valence-electron chi connectivity index (χ0n) is 11.2. The van der Waals surface area contributed by atoms with Crippen LogP contribution in [0.5, 0.6) is 0 Å². The van der Waals surface area contributed by atoms with Crippen LogP contribution < -0.4 is 11.3 Å². The third-order valence-corrected chi connectivity index (χ3v) is 2.83. The van der Waals surface area contributed by atoms with Gasteiger partial charge in [0, 0.05) is 25.3 Å². The number of nitrogens with one attached hydrogen (secondary N) is 1. The Hall–Kier alpha value is -0.910. The summed E-state index contributed by atoms with van der Waals surface area (Å²) >= 11 is 0. The molecule has 1 rings (SSSR count). The third-order valence-electron chi connectivity index (χ3n) is 2.83. The van der Waals surface area contributed by atoms with Crippen molar-refractivity contribution < 1.29 is 4.74 Å². The Bertz CT molecular complexity index is 324. The molecule has 1 aromatic rings. The summed E-state index contributed by atoms with van der Waals surface area (Å²) in [7, 11) is 0. The fourth-order valence-electron chi connectivity index (χ4n) is 1.74. The van der Waals surface area contributed by atoms with Gasteiger partial charge in [0.25, 0.3) is 0 Å². The smallest absolute Gasteiger partial charge is 0.0717 e. The minimum atomic E-state index is 0.0780. The van der Waals surface area contributed by atoms with Gasteiger partial charge in [-0.05, 0) is 33.8 Å². The Morgan fingerprint density at radius 3 is 2.65 bits per heavy atom. The van der Waals surface area contributed by atoms with Crippen LogP contribution >= 0.6 is 0 Å². The van der Waals surface area contributed by atoms with Crippen molar-refractivity contribution in [3.8, 4) is 0 Å². The van der Waals surface area contributed by atoms with E-state index in [1.165, 1.54) is 0 Å². The quantitative estimate of drug-likeness (QED) is 0.556. The molecule has 0 saturated heterocycles. The van der Waals surface area contributed by atoms with Crippen LogP contribution in [-0.2, 0) is 11.2 Å². The molecule has 1 heterocycles. The van der Waals surface area contributed by atoms with Gasteiger partial charge in [-0.25, -0.2) is 0 Å². The number of hydrogen-bond donors (Lipinski definition) is 2. The first-order valence-electron chi connectivity index (χ1n) is 6.20. The highest BCUT2D eigenvalue weighted by atomic mass is 16.5. The van der Waals surface area contributed by atoms with Crippen molar-refractivity contribution >= 4 is 0 Å². The summed E-state index contributed by atoms with van der Waals surface area (Å²) in [5, 5.41) is 4.51. The van der Waals surface area contributed by atoms with Gasteiger partial charge in [0.1, 0.15) is 0 Å². The van der Waals surface area contributed by atoms with Crippen molar-refractivity contribution in [2.45, 2.75) is 52.3 Å². The molecule has 0 fully saturated rings. The van der Waals surface area contributed by atoms with E-state index in [1.807, 2.05) is 30.8 Å². The standard InChI is InChI=1S/C12H24N4O/c1-5-17-10(4)12(14-13)8-11-6-7-16(15-11)9(2)3/h6-7,9-10,12,14H,5,8,13H2,1-4H3. The summed E-state index contributed by atoms with van der Waals surface area (Å²) in [6.07, 6.45) is 2.85. The first kappa shape index (κ1) is 14.2. The van der Waals surface area contributed by atoms with Gasteiger partial charge >= 0.3 is 0 Å². The maximum absolute atomic E-state index is 5.55. The molecule has 5 nitrogen and oxygen atoms in total. The van der Waals surface area contributed by atoms with Gasteiger partial charge in [-0.3, -0.25) is 16.0 Å². The Kier molecular flexibility index (Phi) is 5.61. The number of nitrogens with zero attached hydrogens (tertiary/aromatic N) is 2. The molecule has 0 aromatic carbocycles. The van der Waals surface area contributed by atoms with Crippen LogP contribution in [0.1, 0.15) is 39.4 Å². The highest BCUT2D eigenvalue weighted by Gasteiger charge is 2.17. The number of hydrazine groups is 1. The van der Waals surface area contributed by atoms with Crippen LogP contribution in [0.2, 0.25) is 0 Å². The van der Waals surface area contributed by atoms with Gasteiger partial charge in [-0.15, -0.1) is 0 Å². The van der Waals surface area contributed by atoms with E-state index in [0.717, 1.165) is 12.1 Å². The normalized spacial score (nSPS) is 15.2. The number of aromatic nitrogens is 2. The molecule has 98 valence electrons. The fourth-order valence-corrected chi connectivity index (χ4v) is 1.74. The van der Waals surface area contributed by atoms with Gasteiger partial charge in [-0.2, -0.15) is 5.10 Å². The third kappa shape index (κ3) is 4.11. The Balaban J connectivity index is 2.60. The van der Waals surface area contributed by atoms with E-state index in [2.05, 4.69) is 24.4 Å². The Morgan fingerprint density at radius 2 is 2.18 bits per heavy atom. The molecule has 2 atom stereocenters. The van der Waals surface area contributed by atoms with Crippen LogP contribution in [0.15, 0.2) is 12.3 Å². The van der Waals surface area contributed by atoms with Crippen molar-refractivity contribution in [2.75, 3.05) is 6.61 Å². The van der Waals surface area contributed by atoms with E-state index in [-0.39, 0.29) is 12.1 Å². The van der Waals surface area contributed by atoms with E-state index >= 15 is 0 Å². The van der Waals surface area contributed by atoms with Gasteiger partial charge in [0.05, 0.1) is 17.8 Å².